The van der Waals surface area contributed by atoms with E-state index in [0.717, 1.165) is 32.7 Å². The van der Waals surface area contributed by atoms with E-state index in [2.05, 4.69) is 15.9 Å². The second-order valence-electron chi connectivity index (χ2n) is 5.80. The minimum Gasteiger partial charge on any atom is -0.315 e. The van der Waals surface area contributed by atoms with Gasteiger partial charge in [-0.1, -0.05) is 45.7 Å². The Labute approximate surface area is 144 Å². The number of hydrogen-bond donors (Lipinski definition) is 0. The van der Waals surface area contributed by atoms with E-state index in [9.17, 15) is 4.79 Å². The van der Waals surface area contributed by atoms with Crippen LogP contribution < -0.4 is 4.90 Å². The van der Waals surface area contributed by atoms with Crippen LogP contribution in [0.4, 0.5) is 5.69 Å². The largest absolute Gasteiger partial charge is 0.315 e. The molecular weight excluding hydrogens is 362 g/mol. The Morgan fingerprint density at radius 3 is 2.68 bits per heavy atom. The lowest BCUT2D eigenvalue weighted by molar-refractivity contribution is -0.119. The van der Waals surface area contributed by atoms with Gasteiger partial charge in [0.15, 0.2) is 0 Å². The average molecular weight is 379 g/mol. The summed E-state index contributed by atoms with van der Waals surface area (Å²) < 4.78 is 1.02. The van der Waals surface area contributed by atoms with Crippen molar-refractivity contribution in [2.45, 2.75) is 19.3 Å². The Morgan fingerprint density at radius 2 is 2.00 bits per heavy atom. The summed E-state index contributed by atoms with van der Waals surface area (Å²) in [5.74, 6) is 0.447. The summed E-state index contributed by atoms with van der Waals surface area (Å²) in [6, 6.07) is 13.8. The fourth-order valence-electron chi connectivity index (χ4n) is 2.95. The lowest BCUT2D eigenvalue weighted by atomic mass is 10.1. The molecule has 3 rings (SSSR count). The van der Waals surface area contributed by atoms with Gasteiger partial charge in [-0.3, -0.25) is 4.79 Å². The Kier molecular flexibility index (Phi) is 4.28. The van der Waals surface area contributed by atoms with Gasteiger partial charge in [0, 0.05) is 28.1 Å². The molecule has 2 unspecified atom stereocenters. The van der Waals surface area contributed by atoms with Gasteiger partial charge in [0.1, 0.15) is 0 Å². The molecular formula is C18H17BrClNO. The highest BCUT2D eigenvalue weighted by atomic mass is 79.9. The molecule has 2 atom stereocenters. The minimum absolute atomic E-state index is 0.0351. The molecule has 0 spiro atoms. The fourth-order valence-corrected chi connectivity index (χ4v) is 3.70. The topological polar surface area (TPSA) is 20.3 Å². The Morgan fingerprint density at radius 1 is 1.27 bits per heavy atom. The average Bonchev–Trinajstić information content (AvgIpc) is 3.26. The summed E-state index contributed by atoms with van der Waals surface area (Å²) in [5, 5.41) is 0.755. The second kappa shape index (κ2) is 6.05. The molecule has 0 aliphatic heterocycles. The molecule has 2 aromatic rings. The van der Waals surface area contributed by atoms with Crippen molar-refractivity contribution in [1.29, 1.82) is 0 Å². The maximum absolute atomic E-state index is 12.7. The van der Waals surface area contributed by atoms with E-state index in [-0.39, 0.29) is 17.7 Å². The van der Waals surface area contributed by atoms with Crippen molar-refractivity contribution < 1.29 is 4.79 Å². The summed E-state index contributed by atoms with van der Waals surface area (Å²) in [6.45, 7) is 2.02. The fraction of sp³-hybridized carbons (Fsp3) is 0.278. The SMILES string of the molecule is Cc1cc(Br)ccc1N(C)C(=O)C1CC1c1ccccc1Cl. The first kappa shape index (κ1) is 15.6. The van der Waals surface area contributed by atoms with Crippen molar-refractivity contribution in [2.75, 3.05) is 11.9 Å². The lowest BCUT2D eigenvalue weighted by Crippen LogP contribution is -2.28. The molecule has 22 heavy (non-hydrogen) atoms. The third kappa shape index (κ3) is 2.92. The van der Waals surface area contributed by atoms with Crippen LogP contribution in [0.1, 0.15) is 23.5 Å². The molecule has 0 bridgehead atoms. The zero-order valence-electron chi connectivity index (χ0n) is 12.5. The van der Waals surface area contributed by atoms with E-state index < -0.39 is 0 Å². The number of nitrogens with zero attached hydrogens (tertiary/aromatic N) is 1. The first-order valence-electron chi connectivity index (χ1n) is 7.27. The number of benzene rings is 2. The molecule has 1 amide bonds. The summed E-state index contributed by atoms with van der Waals surface area (Å²) in [6.07, 6.45) is 0.877. The van der Waals surface area contributed by atoms with Crippen molar-refractivity contribution in [3.8, 4) is 0 Å². The second-order valence-corrected chi connectivity index (χ2v) is 7.12. The summed E-state index contributed by atoms with van der Waals surface area (Å²) in [4.78, 5) is 14.5. The molecule has 2 aromatic carbocycles. The highest BCUT2D eigenvalue weighted by Crippen LogP contribution is 2.50. The molecule has 0 saturated heterocycles. The van der Waals surface area contributed by atoms with Crippen LogP contribution in [0.25, 0.3) is 0 Å². The number of hydrogen-bond acceptors (Lipinski definition) is 1. The van der Waals surface area contributed by atoms with E-state index in [1.807, 2.05) is 56.4 Å². The molecule has 114 valence electrons. The van der Waals surface area contributed by atoms with Gasteiger partial charge in [-0.25, -0.2) is 0 Å². The van der Waals surface area contributed by atoms with Crippen molar-refractivity contribution in [3.63, 3.8) is 0 Å². The smallest absolute Gasteiger partial charge is 0.230 e. The van der Waals surface area contributed by atoms with Crippen molar-refractivity contribution in [2.24, 2.45) is 5.92 Å². The number of carbonyl (C=O) groups excluding carboxylic acids is 1. The lowest BCUT2D eigenvalue weighted by Gasteiger charge is -2.20. The molecule has 2 nitrogen and oxygen atoms in total. The van der Waals surface area contributed by atoms with E-state index in [1.54, 1.807) is 4.90 Å². The van der Waals surface area contributed by atoms with Gasteiger partial charge in [0.2, 0.25) is 5.91 Å². The first-order chi connectivity index (χ1) is 10.5. The number of carbonyl (C=O) groups is 1. The highest BCUT2D eigenvalue weighted by molar-refractivity contribution is 9.10. The summed E-state index contributed by atoms with van der Waals surface area (Å²) in [7, 11) is 1.85. The molecule has 0 heterocycles. The van der Waals surface area contributed by atoms with Crippen molar-refractivity contribution in [1.82, 2.24) is 0 Å². The molecule has 0 radical (unpaired) electrons. The molecule has 1 aliphatic carbocycles. The van der Waals surface area contributed by atoms with Gasteiger partial charge in [-0.15, -0.1) is 0 Å². The van der Waals surface area contributed by atoms with Crippen molar-refractivity contribution in [3.05, 3.63) is 63.1 Å². The zero-order valence-corrected chi connectivity index (χ0v) is 14.9. The Balaban J connectivity index is 1.77. The van der Waals surface area contributed by atoms with E-state index in [1.165, 1.54) is 0 Å². The van der Waals surface area contributed by atoms with Crippen LogP contribution >= 0.6 is 27.5 Å². The molecule has 1 aliphatic rings. The zero-order chi connectivity index (χ0) is 15.9. The van der Waals surface area contributed by atoms with Gasteiger partial charge >= 0.3 is 0 Å². The third-order valence-electron chi connectivity index (χ3n) is 4.26. The van der Waals surface area contributed by atoms with E-state index in [4.69, 9.17) is 11.6 Å². The number of aryl methyl sites for hydroxylation is 1. The summed E-state index contributed by atoms with van der Waals surface area (Å²) >= 11 is 9.69. The van der Waals surface area contributed by atoms with Gasteiger partial charge in [0.25, 0.3) is 0 Å². The summed E-state index contributed by atoms with van der Waals surface area (Å²) in [5.41, 5.74) is 3.13. The maximum atomic E-state index is 12.7. The van der Waals surface area contributed by atoms with Crippen molar-refractivity contribution >= 4 is 39.1 Å². The Hall–Kier alpha value is -1.32. The van der Waals surface area contributed by atoms with Gasteiger partial charge < -0.3 is 4.90 Å². The number of rotatable bonds is 3. The molecule has 0 N–H and O–H groups in total. The first-order valence-corrected chi connectivity index (χ1v) is 8.44. The molecule has 1 saturated carbocycles. The van der Waals surface area contributed by atoms with Crippen LogP contribution in [0.15, 0.2) is 46.9 Å². The van der Waals surface area contributed by atoms with Gasteiger partial charge in [-0.2, -0.15) is 0 Å². The maximum Gasteiger partial charge on any atom is 0.230 e. The van der Waals surface area contributed by atoms with Crippen LogP contribution in [0.3, 0.4) is 0 Å². The highest BCUT2D eigenvalue weighted by Gasteiger charge is 2.46. The third-order valence-corrected chi connectivity index (χ3v) is 5.10. The molecule has 1 fully saturated rings. The van der Waals surface area contributed by atoms with E-state index in [0.29, 0.717) is 0 Å². The van der Waals surface area contributed by atoms with Gasteiger partial charge in [-0.05, 0) is 54.7 Å². The van der Waals surface area contributed by atoms with Crippen LogP contribution in [0, 0.1) is 12.8 Å². The predicted molar refractivity (Wildman–Crippen MR) is 94.6 cm³/mol. The van der Waals surface area contributed by atoms with Crippen LogP contribution in [0.2, 0.25) is 5.02 Å². The number of anilines is 1. The molecule has 4 heteroatoms. The minimum atomic E-state index is 0.0351. The number of halogens is 2. The quantitative estimate of drug-likeness (QED) is 0.721. The standard InChI is InChI=1S/C18H17BrClNO/c1-11-9-12(19)7-8-17(11)21(2)18(22)15-10-14(15)13-5-3-4-6-16(13)20/h3-9,14-15H,10H2,1-2H3. The predicted octanol–water partition coefficient (Wildman–Crippen LogP) is 5.18. The van der Waals surface area contributed by atoms with Gasteiger partial charge in [0.05, 0.1) is 0 Å². The number of amides is 1. The monoisotopic (exact) mass is 377 g/mol. The van der Waals surface area contributed by atoms with E-state index >= 15 is 0 Å². The Bertz CT molecular complexity index is 731. The van der Waals surface area contributed by atoms with Crippen LogP contribution in [-0.4, -0.2) is 13.0 Å². The van der Waals surface area contributed by atoms with Crippen LogP contribution in [-0.2, 0) is 4.79 Å². The molecule has 0 aromatic heterocycles. The normalized spacial score (nSPS) is 19.8. The van der Waals surface area contributed by atoms with Crippen LogP contribution in [0.5, 0.6) is 0 Å².